The third kappa shape index (κ3) is 4.09. The number of hydrogen-bond donors (Lipinski definition) is 1. The summed E-state index contributed by atoms with van der Waals surface area (Å²) in [6, 6.07) is 6.48. The van der Waals surface area contributed by atoms with Crippen LogP contribution in [0.2, 0.25) is 0 Å². The number of carboxylic acid groups (broad SMARTS) is 1. The number of aryl methyl sites for hydroxylation is 3. The van der Waals surface area contributed by atoms with Crippen LogP contribution in [0.5, 0.6) is 0 Å². The third-order valence-electron chi connectivity index (χ3n) is 4.46. The molecule has 0 aliphatic carbocycles. The highest BCUT2D eigenvalue weighted by atomic mass is 16.4. The fourth-order valence-electron chi connectivity index (χ4n) is 3.26. The van der Waals surface area contributed by atoms with Crippen molar-refractivity contribution in [3.05, 3.63) is 34.9 Å². The molecule has 0 spiro atoms. The van der Waals surface area contributed by atoms with E-state index in [0.29, 0.717) is 25.8 Å². The molecular weight excluding hydrogens is 278 g/mol. The summed E-state index contributed by atoms with van der Waals surface area (Å²) < 4.78 is 0. The number of hydrogen-bond acceptors (Lipinski definition) is 2. The molecule has 22 heavy (non-hydrogen) atoms. The fraction of sp³-hybridized carbons (Fsp3) is 0.556. The second-order valence-electron chi connectivity index (χ2n) is 6.50. The van der Waals surface area contributed by atoms with Crippen LogP contribution in [0.4, 0.5) is 0 Å². The highest BCUT2D eigenvalue weighted by Gasteiger charge is 2.32. The molecule has 1 N–H and O–H groups in total. The summed E-state index contributed by atoms with van der Waals surface area (Å²) in [4.78, 5) is 25.4. The quantitative estimate of drug-likeness (QED) is 0.930. The Balaban J connectivity index is 1.97. The molecule has 1 heterocycles. The Morgan fingerprint density at radius 1 is 1.18 bits per heavy atom. The van der Waals surface area contributed by atoms with Gasteiger partial charge in [-0.3, -0.25) is 9.59 Å². The number of nitrogens with zero attached hydrogens (tertiary/aromatic N) is 1. The van der Waals surface area contributed by atoms with Crippen molar-refractivity contribution in [3.63, 3.8) is 0 Å². The standard InChI is InChI=1S/C18H25NO3/c1-12-8-13(2)10-15(9-12)5-7-17(20)19-11-16(18(21)22)6-4-14(19)3/h8-10,14,16H,4-7,11H2,1-3H3,(H,21,22). The summed E-state index contributed by atoms with van der Waals surface area (Å²) in [6.45, 7) is 6.47. The van der Waals surface area contributed by atoms with Crippen molar-refractivity contribution in [2.24, 2.45) is 5.92 Å². The lowest BCUT2D eigenvalue weighted by Gasteiger charge is -2.36. The Hall–Kier alpha value is -1.84. The second-order valence-corrected chi connectivity index (χ2v) is 6.50. The first-order valence-electron chi connectivity index (χ1n) is 7.96. The Bertz CT molecular complexity index is 547. The molecular formula is C18H25NO3. The van der Waals surface area contributed by atoms with E-state index < -0.39 is 11.9 Å². The second kappa shape index (κ2) is 6.95. The molecule has 2 rings (SSSR count). The van der Waals surface area contributed by atoms with Crippen molar-refractivity contribution >= 4 is 11.9 Å². The maximum absolute atomic E-state index is 12.5. The molecule has 2 unspecified atom stereocenters. The molecule has 1 aromatic carbocycles. The van der Waals surface area contributed by atoms with Crippen molar-refractivity contribution < 1.29 is 14.7 Å². The van der Waals surface area contributed by atoms with Crippen LogP contribution in [0.3, 0.4) is 0 Å². The number of likely N-dealkylation sites (tertiary alicyclic amines) is 1. The summed E-state index contributed by atoms with van der Waals surface area (Å²) >= 11 is 0. The zero-order valence-electron chi connectivity index (χ0n) is 13.6. The van der Waals surface area contributed by atoms with E-state index in [1.165, 1.54) is 16.7 Å². The highest BCUT2D eigenvalue weighted by Crippen LogP contribution is 2.23. The monoisotopic (exact) mass is 303 g/mol. The normalized spacial score (nSPS) is 21.7. The van der Waals surface area contributed by atoms with Crippen molar-refractivity contribution in [2.45, 2.75) is 52.5 Å². The first kappa shape index (κ1) is 16.5. The predicted molar refractivity (Wildman–Crippen MR) is 85.8 cm³/mol. The predicted octanol–water partition coefficient (Wildman–Crippen LogP) is 2.95. The van der Waals surface area contributed by atoms with Crippen LogP contribution in [0, 0.1) is 19.8 Å². The minimum atomic E-state index is -0.793. The van der Waals surface area contributed by atoms with E-state index in [1.54, 1.807) is 4.90 Å². The Labute approximate surface area is 132 Å². The van der Waals surface area contributed by atoms with Crippen LogP contribution in [0.15, 0.2) is 18.2 Å². The fourth-order valence-corrected chi connectivity index (χ4v) is 3.26. The first-order valence-corrected chi connectivity index (χ1v) is 7.96. The van der Waals surface area contributed by atoms with E-state index in [9.17, 15) is 9.59 Å². The van der Waals surface area contributed by atoms with Gasteiger partial charge in [0.05, 0.1) is 5.92 Å². The lowest BCUT2D eigenvalue weighted by atomic mass is 9.93. The molecule has 0 aromatic heterocycles. The van der Waals surface area contributed by atoms with E-state index in [4.69, 9.17) is 5.11 Å². The van der Waals surface area contributed by atoms with Crippen molar-refractivity contribution in [3.8, 4) is 0 Å². The van der Waals surface area contributed by atoms with Gasteiger partial charge in [-0.05, 0) is 45.6 Å². The van der Waals surface area contributed by atoms with Crippen molar-refractivity contribution in [2.75, 3.05) is 6.54 Å². The van der Waals surface area contributed by atoms with Gasteiger partial charge >= 0.3 is 5.97 Å². The molecule has 4 heteroatoms. The van der Waals surface area contributed by atoms with Gasteiger partial charge in [0, 0.05) is 19.0 Å². The summed E-state index contributed by atoms with van der Waals surface area (Å²) in [5.74, 6) is -1.14. The van der Waals surface area contributed by atoms with Gasteiger partial charge in [0.25, 0.3) is 0 Å². The molecule has 0 radical (unpaired) electrons. The molecule has 1 aliphatic rings. The average molecular weight is 303 g/mol. The minimum absolute atomic E-state index is 0.0672. The topological polar surface area (TPSA) is 57.6 Å². The molecule has 1 saturated heterocycles. The number of benzene rings is 1. The van der Waals surface area contributed by atoms with Gasteiger partial charge < -0.3 is 10.0 Å². The van der Waals surface area contributed by atoms with Gasteiger partial charge in [-0.2, -0.15) is 0 Å². The molecule has 4 nitrogen and oxygen atoms in total. The average Bonchev–Trinajstić information content (AvgIpc) is 2.44. The number of carbonyl (C=O) groups is 2. The number of piperidine rings is 1. The van der Waals surface area contributed by atoms with Crippen LogP contribution < -0.4 is 0 Å². The smallest absolute Gasteiger partial charge is 0.308 e. The molecule has 0 bridgehead atoms. The van der Waals surface area contributed by atoms with E-state index in [1.807, 2.05) is 6.92 Å². The van der Waals surface area contributed by atoms with Crippen LogP contribution >= 0.6 is 0 Å². The molecule has 1 amide bonds. The van der Waals surface area contributed by atoms with Gasteiger partial charge in [-0.15, -0.1) is 0 Å². The molecule has 1 fully saturated rings. The number of amides is 1. The summed E-state index contributed by atoms with van der Waals surface area (Å²) in [5, 5.41) is 9.16. The summed E-state index contributed by atoms with van der Waals surface area (Å²) in [7, 11) is 0. The van der Waals surface area contributed by atoms with Crippen LogP contribution in [0.25, 0.3) is 0 Å². The highest BCUT2D eigenvalue weighted by molar-refractivity contribution is 5.78. The zero-order chi connectivity index (χ0) is 16.3. The van der Waals surface area contributed by atoms with Gasteiger partial charge in [0.15, 0.2) is 0 Å². The van der Waals surface area contributed by atoms with E-state index in [0.717, 1.165) is 6.42 Å². The van der Waals surface area contributed by atoms with E-state index >= 15 is 0 Å². The van der Waals surface area contributed by atoms with Gasteiger partial charge in [0.2, 0.25) is 5.91 Å². The lowest BCUT2D eigenvalue weighted by Crippen LogP contribution is -2.47. The number of rotatable bonds is 4. The summed E-state index contributed by atoms with van der Waals surface area (Å²) in [5.41, 5.74) is 3.59. The molecule has 120 valence electrons. The number of carbonyl (C=O) groups excluding carboxylic acids is 1. The van der Waals surface area contributed by atoms with Gasteiger partial charge in [0.1, 0.15) is 0 Å². The maximum Gasteiger partial charge on any atom is 0.308 e. The first-order chi connectivity index (χ1) is 10.4. The Morgan fingerprint density at radius 2 is 1.82 bits per heavy atom. The van der Waals surface area contributed by atoms with Crippen molar-refractivity contribution in [1.82, 2.24) is 4.90 Å². The zero-order valence-corrected chi connectivity index (χ0v) is 13.6. The number of carboxylic acids is 1. The maximum atomic E-state index is 12.5. The van der Waals surface area contributed by atoms with Crippen LogP contribution in [0.1, 0.15) is 42.9 Å². The van der Waals surface area contributed by atoms with E-state index in [2.05, 4.69) is 32.0 Å². The van der Waals surface area contributed by atoms with Crippen LogP contribution in [-0.2, 0) is 16.0 Å². The van der Waals surface area contributed by atoms with Gasteiger partial charge in [-0.1, -0.05) is 29.3 Å². The number of aliphatic carboxylic acids is 1. The summed E-state index contributed by atoms with van der Waals surface area (Å²) in [6.07, 6.45) is 2.59. The molecule has 2 atom stereocenters. The Kier molecular flexibility index (Phi) is 5.22. The Morgan fingerprint density at radius 3 is 2.41 bits per heavy atom. The molecule has 1 aromatic rings. The van der Waals surface area contributed by atoms with Crippen LogP contribution in [-0.4, -0.2) is 34.5 Å². The van der Waals surface area contributed by atoms with E-state index in [-0.39, 0.29) is 11.9 Å². The largest absolute Gasteiger partial charge is 0.481 e. The van der Waals surface area contributed by atoms with Crippen molar-refractivity contribution in [1.29, 1.82) is 0 Å². The molecule has 1 aliphatic heterocycles. The minimum Gasteiger partial charge on any atom is -0.481 e. The van der Waals surface area contributed by atoms with Gasteiger partial charge in [-0.25, -0.2) is 0 Å². The SMILES string of the molecule is Cc1cc(C)cc(CCC(=O)N2CC(C(=O)O)CCC2C)c1. The lowest BCUT2D eigenvalue weighted by molar-refractivity contribution is -0.147. The third-order valence-corrected chi connectivity index (χ3v) is 4.46. The molecule has 0 saturated carbocycles.